The van der Waals surface area contributed by atoms with Gasteiger partial charge in [0.1, 0.15) is 35.5 Å². The van der Waals surface area contributed by atoms with E-state index in [9.17, 15) is 23.4 Å². The van der Waals surface area contributed by atoms with Crippen molar-refractivity contribution in [3.05, 3.63) is 77.6 Å². The maximum absolute atomic E-state index is 13.8. The molecular formula is C25H21ClF3N5O4S. The molecule has 0 bridgehead atoms. The summed E-state index contributed by atoms with van der Waals surface area (Å²) in [4.78, 5) is 9.14. The number of hydrogen-bond donors (Lipinski definition) is 2. The minimum absolute atomic E-state index is 0.0325. The van der Waals surface area contributed by atoms with E-state index in [0.29, 0.717) is 15.6 Å². The van der Waals surface area contributed by atoms with Crippen molar-refractivity contribution in [2.45, 2.75) is 34.7 Å². The molecule has 0 amide bonds. The summed E-state index contributed by atoms with van der Waals surface area (Å²) in [5, 5.41) is 29.4. The molecule has 0 aliphatic carbocycles. The Labute approximate surface area is 229 Å². The van der Waals surface area contributed by atoms with Crippen LogP contribution in [0.5, 0.6) is 0 Å². The highest BCUT2D eigenvalue weighted by molar-refractivity contribution is 8.00. The fourth-order valence-corrected chi connectivity index (χ4v) is 5.88. The molecule has 0 saturated carbocycles. The van der Waals surface area contributed by atoms with E-state index >= 15 is 0 Å². The zero-order chi connectivity index (χ0) is 27.7. The van der Waals surface area contributed by atoms with Crippen molar-refractivity contribution >= 4 is 23.4 Å². The Kier molecular flexibility index (Phi) is 8.16. The first kappa shape index (κ1) is 27.5. The summed E-state index contributed by atoms with van der Waals surface area (Å²) in [6, 6.07) is 5.94. The van der Waals surface area contributed by atoms with Crippen LogP contribution in [0.15, 0.2) is 60.0 Å². The molecule has 9 nitrogen and oxygen atoms in total. The van der Waals surface area contributed by atoms with Crippen molar-refractivity contribution in [3.63, 3.8) is 0 Å². The molecule has 3 aromatic heterocycles. The number of pyridine rings is 2. The van der Waals surface area contributed by atoms with Crippen molar-refractivity contribution in [1.82, 2.24) is 25.0 Å². The molecule has 2 N–H and O–H groups in total. The first-order valence-electron chi connectivity index (χ1n) is 11.6. The Bertz CT molecular complexity index is 1440. The second-order valence-corrected chi connectivity index (χ2v) is 10.2. The molecule has 5 atom stereocenters. The van der Waals surface area contributed by atoms with Gasteiger partial charge in [-0.05, 0) is 30.3 Å². The fourth-order valence-electron chi connectivity index (χ4n) is 4.33. The summed E-state index contributed by atoms with van der Waals surface area (Å²) in [7, 11) is 1.42. The lowest BCUT2D eigenvalue weighted by atomic mass is 9.97. The van der Waals surface area contributed by atoms with Crippen LogP contribution in [-0.2, 0) is 9.47 Å². The van der Waals surface area contributed by atoms with Gasteiger partial charge in [-0.2, -0.15) is 0 Å². The van der Waals surface area contributed by atoms with Gasteiger partial charge in [0.2, 0.25) is 0 Å². The highest BCUT2D eigenvalue weighted by Crippen LogP contribution is 2.42. The van der Waals surface area contributed by atoms with Crippen LogP contribution in [0.1, 0.15) is 6.04 Å². The quantitative estimate of drug-likeness (QED) is 0.315. The number of rotatable bonds is 7. The van der Waals surface area contributed by atoms with Crippen molar-refractivity contribution in [1.29, 1.82) is 0 Å². The van der Waals surface area contributed by atoms with Crippen LogP contribution in [-0.4, -0.2) is 72.6 Å². The first-order chi connectivity index (χ1) is 18.8. The minimum atomic E-state index is -1.60. The van der Waals surface area contributed by atoms with Gasteiger partial charge in [0.15, 0.2) is 17.5 Å². The Morgan fingerprint density at radius 2 is 1.85 bits per heavy atom. The Balaban J connectivity index is 1.50. The van der Waals surface area contributed by atoms with E-state index in [1.807, 2.05) is 0 Å². The lowest BCUT2D eigenvalue weighted by Gasteiger charge is -2.43. The number of benzene rings is 1. The third-order valence-electron chi connectivity index (χ3n) is 6.21. The van der Waals surface area contributed by atoms with E-state index in [1.165, 1.54) is 35.9 Å². The SMILES string of the molecule is COC1C(n2cc(-c3cc(F)c(F)c(F)c3)nn2)[C@@H](O)C(CO)O[C@@H]1Sc1cc(Cl)cnc1-c1ccncc1. The maximum atomic E-state index is 13.8. The molecule has 4 aromatic rings. The molecule has 1 aliphatic heterocycles. The maximum Gasteiger partial charge on any atom is 0.194 e. The van der Waals surface area contributed by atoms with Crippen LogP contribution < -0.4 is 0 Å². The van der Waals surface area contributed by atoms with Crippen LogP contribution in [0, 0.1) is 17.5 Å². The zero-order valence-electron chi connectivity index (χ0n) is 20.2. The van der Waals surface area contributed by atoms with Gasteiger partial charge in [0.05, 0.1) is 23.5 Å². The third-order valence-corrected chi connectivity index (χ3v) is 7.59. The number of aliphatic hydroxyl groups is 2. The average Bonchev–Trinajstić information content (AvgIpc) is 3.42. The van der Waals surface area contributed by atoms with Gasteiger partial charge in [0, 0.05) is 41.7 Å². The fraction of sp³-hybridized carbons (Fsp3) is 0.280. The summed E-state index contributed by atoms with van der Waals surface area (Å²) in [5.41, 5.74) is 0.575. The van der Waals surface area contributed by atoms with Crippen molar-refractivity contribution in [3.8, 4) is 22.5 Å². The summed E-state index contributed by atoms with van der Waals surface area (Å²) < 4.78 is 54.1. The normalized spacial score (nSPS) is 23.2. The lowest BCUT2D eigenvalue weighted by Crippen LogP contribution is -2.55. The number of aromatic nitrogens is 5. The topological polar surface area (TPSA) is 115 Å². The highest BCUT2D eigenvalue weighted by Gasteiger charge is 2.47. The van der Waals surface area contributed by atoms with Crippen LogP contribution >= 0.6 is 23.4 Å². The number of ether oxygens (including phenoxy) is 2. The molecule has 1 aliphatic rings. The number of thioether (sulfide) groups is 1. The second kappa shape index (κ2) is 11.6. The van der Waals surface area contributed by atoms with E-state index in [4.69, 9.17) is 21.1 Å². The highest BCUT2D eigenvalue weighted by atomic mass is 35.5. The van der Waals surface area contributed by atoms with Crippen molar-refractivity contribution in [2.24, 2.45) is 0 Å². The van der Waals surface area contributed by atoms with Crippen LogP contribution in [0.4, 0.5) is 13.2 Å². The van der Waals surface area contributed by atoms with Gasteiger partial charge in [-0.1, -0.05) is 28.6 Å². The Morgan fingerprint density at radius 3 is 2.51 bits per heavy atom. The third kappa shape index (κ3) is 5.51. The summed E-state index contributed by atoms with van der Waals surface area (Å²) in [5.74, 6) is -4.35. The standard InChI is InChI=1S/C25H21ClF3N5O4S/c1-37-24-22(34-10-17(32-33-34)13-6-15(27)20(29)16(28)7-13)23(36)18(11-35)38-25(24)39-19-8-14(26)9-31-21(19)12-2-4-30-5-3-12/h2-10,18,22-25,35-36H,11H2,1H3/t18?,22?,23-,24?,25+/m0/s1. The molecule has 3 unspecified atom stereocenters. The van der Waals surface area contributed by atoms with Gasteiger partial charge in [-0.3, -0.25) is 9.97 Å². The molecule has 1 fully saturated rings. The smallest absolute Gasteiger partial charge is 0.194 e. The molecule has 0 spiro atoms. The van der Waals surface area contributed by atoms with Gasteiger partial charge in [0.25, 0.3) is 0 Å². The average molecular weight is 580 g/mol. The molecule has 0 radical (unpaired) electrons. The van der Waals surface area contributed by atoms with Crippen molar-refractivity contribution < 1.29 is 32.9 Å². The van der Waals surface area contributed by atoms with Crippen molar-refractivity contribution in [2.75, 3.05) is 13.7 Å². The van der Waals surface area contributed by atoms with Gasteiger partial charge < -0.3 is 19.7 Å². The molecular weight excluding hydrogens is 559 g/mol. The summed E-state index contributed by atoms with van der Waals surface area (Å²) in [6.45, 7) is -0.522. The molecule has 5 rings (SSSR count). The van der Waals surface area contributed by atoms with Gasteiger partial charge in [-0.15, -0.1) is 5.10 Å². The number of nitrogens with zero attached hydrogens (tertiary/aromatic N) is 5. The lowest BCUT2D eigenvalue weighted by molar-refractivity contribution is -0.186. The van der Waals surface area contributed by atoms with Crippen LogP contribution in [0.25, 0.3) is 22.5 Å². The predicted octanol–water partition coefficient (Wildman–Crippen LogP) is 3.90. The van der Waals surface area contributed by atoms with E-state index in [1.54, 1.807) is 30.6 Å². The largest absolute Gasteiger partial charge is 0.394 e. The Morgan fingerprint density at radius 1 is 1.13 bits per heavy atom. The molecule has 4 heterocycles. The van der Waals surface area contributed by atoms with Crippen LogP contribution in [0.2, 0.25) is 5.02 Å². The molecule has 204 valence electrons. The number of hydrogen-bond acceptors (Lipinski definition) is 9. The molecule has 14 heteroatoms. The molecule has 39 heavy (non-hydrogen) atoms. The zero-order valence-corrected chi connectivity index (χ0v) is 21.7. The van der Waals surface area contributed by atoms with E-state index in [-0.39, 0.29) is 11.3 Å². The summed E-state index contributed by atoms with van der Waals surface area (Å²) in [6.07, 6.45) is 2.92. The molecule has 1 aromatic carbocycles. The number of halogens is 4. The van der Waals surface area contributed by atoms with E-state index in [2.05, 4.69) is 20.3 Å². The minimum Gasteiger partial charge on any atom is -0.394 e. The summed E-state index contributed by atoms with van der Waals surface area (Å²) >= 11 is 7.47. The van der Waals surface area contributed by atoms with Crippen LogP contribution in [0.3, 0.4) is 0 Å². The first-order valence-corrected chi connectivity index (χ1v) is 12.8. The van der Waals surface area contributed by atoms with E-state index < -0.39 is 53.8 Å². The van der Waals surface area contributed by atoms with Gasteiger partial charge in [-0.25, -0.2) is 17.9 Å². The number of methoxy groups -OCH3 is 1. The Hall–Kier alpha value is -3.07. The van der Waals surface area contributed by atoms with E-state index in [0.717, 1.165) is 17.7 Å². The monoisotopic (exact) mass is 579 g/mol. The number of aliphatic hydroxyl groups excluding tert-OH is 2. The van der Waals surface area contributed by atoms with Gasteiger partial charge >= 0.3 is 0 Å². The predicted molar refractivity (Wildman–Crippen MR) is 135 cm³/mol. The molecule has 1 saturated heterocycles. The second-order valence-electron chi connectivity index (χ2n) is 8.60.